The normalized spacial score (nSPS) is 24.5. The second kappa shape index (κ2) is 10.9. The predicted octanol–water partition coefficient (Wildman–Crippen LogP) is 4.32. The number of benzene rings is 1. The van der Waals surface area contributed by atoms with Crippen molar-refractivity contribution >= 4 is 29.5 Å². The number of aliphatic hydroxyl groups excluding tert-OH is 2. The molecule has 6 nitrogen and oxygen atoms in total. The van der Waals surface area contributed by atoms with E-state index in [1.54, 1.807) is 12.1 Å². The first-order chi connectivity index (χ1) is 15.7. The third-order valence-corrected chi connectivity index (χ3v) is 7.38. The summed E-state index contributed by atoms with van der Waals surface area (Å²) in [6, 6.07) is 4.84. The number of likely N-dealkylation sites (tertiary alicyclic amines) is 1. The molecule has 1 aromatic rings. The van der Waals surface area contributed by atoms with Crippen LogP contribution in [0.3, 0.4) is 0 Å². The third kappa shape index (κ3) is 5.18. The maximum absolute atomic E-state index is 12.8. The van der Waals surface area contributed by atoms with Crippen molar-refractivity contribution in [3.8, 4) is 5.75 Å². The Morgan fingerprint density at radius 2 is 2.00 bits per heavy atom. The minimum Gasteiger partial charge on any atom is -0.508 e. The second-order valence-corrected chi connectivity index (χ2v) is 9.49. The van der Waals surface area contributed by atoms with Gasteiger partial charge in [-0.15, -0.1) is 0 Å². The lowest BCUT2D eigenvalue weighted by Gasteiger charge is -2.36. The molecular formula is C26H34ClNO5. The van der Waals surface area contributed by atoms with E-state index in [1.807, 2.05) is 19.9 Å². The maximum atomic E-state index is 12.8. The number of hydrogen-bond acceptors (Lipinski definition) is 5. The van der Waals surface area contributed by atoms with E-state index in [2.05, 4.69) is 0 Å². The smallest absolute Gasteiger partial charge is 0.233 e. The van der Waals surface area contributed by atoms with Crippen LogP contribution in [0.4, 0.5) is 0 Å². The summed E-state index contributed by atoms with van der Waals surface area (Å²) >= 11 is 6.24. The van der Waals surface area contributed by atoms with Crippen LogP contribution in [-0.2, 0) is 9.59 Å². The summed E-state index contributed by atoms with van der Waals surface area (Å²) in [7, 11) is 1.50. The van der Waals surface area contributed by atoms with Crippen LogP contribution in [-0.4, -0.2) is 51.8 Å². The van der Waals surface area contributed by atoms with E-state index in [0.29, 0.717) is 24.3 Å². The zero-order chi connectivity index (χ0) is 24.3. The van der Waals surface area contributed by atoms with Crippen LogP contribution in [0.1, 0.15) is 57.9 Å². The molecule has 0 unspecified atom stereocenters. The van der Waals surface area contributed by atoms with Gasteiger partial charge in [-0.2, -0.15) is 0 Å². The molecule has 2 amide bonds. The third-order valence-electron chi connectivity index (χ3n) is 7.05. The Bertz CT molecular complexity index is 969. The Hall–Kier alpha value is -2.15. The van der Waals surface area contributed by atoms with Gasteiger partial charge in [0.05, 0.1) is 29.6 Å². The minimum absolute atomic E-state index is 0.109. The molecule has 0 bridgehead atoms. The van der Waals surface area contributed by atoms with E-state index in [-0.39, 0.29) is 24.2 Å². The van der Waals surface area contributed by atoms with E-state index >= 15 is 0 Å². The first kappa shape index (κ1) is 25.5. The highest BCUT2D eigenvalue weighted by atomic mass is 35.5. The van der Waals surface area contributed by atoms with Gasteiger partial charge in [-0.05, 0) is 61.4 Å². The van der Waals surface area contributed by atoms with Crippen LogP contribution < -0.4 is 0 Å². The summed E-state index contributed by atoms with van der Waals surface area (Å²) < 4.78 is 0. The molecule has 1 aliphatic carbocycles. The van der Waals surface area contributed by atoms with Crippen molar-refractivity contribution in [3.63, 3.8) is 0 Å². The lowest BCUT2D eigenvalue weighted by molar-refractivity contribution is -0.138. The molecule has 1 saturated heterocycles. The average Bonchev–Trinajstić information content (AvgIpc) is 3.00. The Morgan fingerprint density at radius 3 is 2.61 bits per heavy atom. The number of nitrogens with zero attached hydrogens (tertiary/aromatic N) is 1. The van der Waals surface area contributed by atoms with Gasteiger partial charge < -0.3 is 15.3 Å². The van der Waals surface area contributed by atoms with Crippen LogP contribution in [0, 0.1) is 17.8 Å². The fourth-order valence-electron chi connectivity index (χ4n) is 5.34. The monoisotopic (exact) mass is 475 g/mol. The Morgan fingerprint density at radius 1 is 1.27 bits per heavy atom. The van der Waals surface area contributed by atoms with E-state index in [9.17, 15) is 24.9 Å². The van der Waals surface area contributed by atoms with Crippen molar-refractivity contribution in [2.45, 2.75) is 58.5 Å². The number of phenols is 1. The number of amides is 2. The van der Waals surface area contributed by atoms with E-state index in [1.165, 1.54) is 18.0 Å². The van der Waals surface area contributed by atoms with E-state index in [0.717, 1.165) is 41.5 Å². The van der Waals surface area contributed by atoms with E-state index < -0.39 is 23.9 Å². The molecule has 1 aromatic carbocycles. The van der Waals surface area contributed by atoms with Gasteiger partial charge in [0.25, 0.3) is 0 Å². The Balaban J connectivity index is 1.85. The molecule has 2 aliphatic rings. The highest BCUT2D eigenvalue weighted by Crippen LogP contribution is 2.47. The number of hydrogen-bond donors (Lipinski definition) is 3. The van der Waals surface area contributed by atoms with Crippen molar-refractivity contribution in [2.24, 2.45) is 17.8 Å². The molecule has 0 saturated carbocycles. The molecular weight excluding hydrogens is 442 g/mol. The number of aromatic hydroxyl groups is 1. The summed E-state index contributed by atoms with van der Waals surface area (Å²) in [6.45, 7) is 3.81. The summed E-state index contributed by atoms with van der Waals surface area (Å²) in [5.41, 5.74) is 3.65. The number of imide groups is 1. The largest absolute Gasteiger partial charge is 0.508 e. The molecule has 0 aromatic heterocycles. The van der Waals surface area contributed by atoms with Gasteiger partial charge >= 0.3 is 0 Å². The zero-order valence-corrected chi connectivity index (χ0v) is 20.3. The molecule has 180 valence electrons. The van der Waals surface area contributed by atoms with Crippen LogP contribution in [0.2, 0.25) is 5.02 Å². The average molecular weight is 476 g/mol. The van der Waals surface area contributed by atoms with Gasteiger partial charge in [0.15, 0.2) is 0 Å². The molecule has 7 heteroatoms. The summed E-state index contributed by atoms with van der Waals surface area (Å²) in [4.78, 5) is 26.6. The van der Waals surface area contributed by atoms with Gasteiger partial charge in [-0.25, -0.2) is 0 Å². The van der Waals surface area contributed by atoms with Crippen molar-refractivity contribution in [2.75, 3.05) is 13.7 Å². The molecule has 3 rings (SSSR count). The van der Waals surface area contributed by atoms with Crippen molar-refractivity contribution in [1.82, 2.24) is 4.90 Å². The Kier molecular flexibility index (Phi) is 8.38. The van der Waals surface area contributed by atoms with Crippen LogP contribution >= 0.6 is 11.6 Å². The van der Waals surface area contributed by atoms with Crippen LogP contribution in [0.15, 0.2) is 34.9 Å². The maximum Gasteiger partial charge on any atom is 0.233 e. The molecule has 3 N–H and O–H groups in total. The van der Waals surface area contributed by atoms with Crippen molar-refractivity contribution in [3.05, 3.63) is 45.5 Å². The van der Waals surface area contributed by atoms with Gasteiger partial charge in [0.1, 0.15) is 5.75 Å². The van der Waals surface area contributed by atoms with Crippen LogP contribution in [0.25, 0.3) is 6.08 Å². The molecule has 1 fully saturated rings. The van der Waals surface area contributed by atoms with Crippen molar-refractivity contribution < 1.29 is 24.9 Å². The lowest BCUT2D eigenvalue weighted by atomic mass is 9.67. The molecule has 33 heavy (non-hydrogen) atoms. The molecule has 1 heterocycles. The Labute approximate surface area is 200 Å². The lowest BCUT2D eigenvalue weighted by Crippen LogP contribution is -2.39. The number of fused-ring (bicyclic) bond motifs is 1. The standard InChI is InChI=1S/C26H34ClNO5/c1-4-6-17-12-19-24(26(33)28(3)25(19)32)20(14-29)23(17)22(31)10-7-15(5-2)11-16-8-9-18(30)13-21(16)27/h8-9,11,13,19-20,22,24,29-31H,4-7,10,12,14H2,1-3H3/b15-11+/t19-,20+,22-,24-/m1/s1. The molecule has 4 atom stereocenters. The fraction of sp³-hybridized carbons (Fsp3) is 0.538. The minimum atomic E-state index is -0.802. The number of phenolic OH excluding ortho intramolecular Hbond substituents is 1. The SMILES string of the molecule is CCCC1=C([C@H](O)CC/C(=C/c2ccc(O)cc2Cl)CC)[C@H](CO)[C@@H]2C(=O)N(C)C(=O)[C@@H]2C1. The number of carbonyl (C=O) groups excluding carboxylic acids is 2. The predicted molar refractivity (Wildman–Crippen MR) is 129 cm³/mol. The molecule has 1 aliphatic heterocycles. The molecule has 0 spiro atoms. The molecule has 0 radical (unpaired) electrons. The number of carbonyl (C=O) groups is 2. The first-order valence-corrected chi connectivity index (χ1v) is 12.1. The van der Waals surface area contributed by atoms with E-state index in [4.69, 9.17) is 11.6 Å². The number of aliphatic hydroxyl groups is 2. The number of allylic oxidation sites excluding steroid dienone is 2. The second-order valence-electron chi connectivity index (χ2n) is 9.09. The number of rotatable bonds is 9. The van der Waals surface area contributed by atoms with Gasteiger partial charge in [0.2, 0.25) is 11.8 Å². The van der Waals surface area contributed by atoms with Crippen LogP contribution in [0.5, 0.6) is 5.75 Å². The highest BCUT2D eigenvalue weighted by molar-refractivity contribution is 6.32. The van der Waals surface area contributed by atoms with Gasteiger partial charge in [0, 0.05) is 13.0 Å². The zero-order valence-electron chi connectivity index (χ0n) is 19.6. The highest BCUT2D eigenvalue weighted by Gasteiger charge is 2.53. The summed E-state index contributed by atoms with van der Waals surface area (Å²) in [5.74, 6) is -1.93. The van der Waals surface area contributed by atoms with Gasteiger partial charge in [-0.1, -0.05) is 49.1 Å². The quantitative estimate of drug-likeness (QED) is 0.365. The van der Waals surface area contributed by atoms with Crippen molar-refractivity contribution in [1.29, 1.82) is 0 Å². The summed E-state index contributed by atoms with van der Waals surface area (Å²) in [5, 5.41) is 31.5. The van der Waals surface area contributed by atoms with Gasteiger partial charge in [-0.3, -0.25) is 14.5 Å². The topological polar surface area (TPSA) is 98.1 Å². The fourth-order valence-corrected chi connectivity index (χ4v) is 5.57. The summed E-state index contributed by atoms with van der Waals surface area (Å²) in [6.07, 6.45) is 5.08. The first-order valence-electron chi connectivity index (χ1n) is 11.7. The number of halogens is 1.